The fourth-order valence-corrected chi connectivity index (χ4v) is 3.30. The van der Waals surface area contributed by atoms with Crippen molar-refractivity contribution in [2.24, 2.45) is 0 Å². The number of aryl methyl sites for hydroxylation is 3. The maximum absolute atomic E-state index is 12.0. The third-order valence-electron chi connectivity index (χ3n) is 3.27. The highest BCUT2D eigenvalue weighted by molar-refractivity contribution is 7.12. The number of amides is 2. The third-order valence-corrected chi connectivity index (χ3v) is 4.25. The summed E-state index contributed by atoms with van der Waals surface area (Å²) in [6.07, 6.45) is 0. The van der Waals surface area contributed by atoms with Crippen molar-refractivity contribution in [2.75, 3.05) is 0 Å². The van der Waals surface area contributed by atoms with Crippen molar-refractivity contribution >= 4 is 17.4 Å². The lowest BCUT2D eigenvalue weighted by Crippen LogP contribution is -2.36. The largest absolute Gasteiger partial charge is 0.332 e. The van der Waals surface area contributed by atoms with E-state index < -0.39 is 0 Å². The van der Waals surface area contributed by atoms with Gasteiger partial charge < -0.3 is 10.6 Å². The number of pyridine rings is 1. The Morgan fingerprint density at radius 3 is 2.71 bits per heavy atom. The molecule has 0 bridgehead atoms. The number of nitrogens with zero attached hydrogens (tertiary/aromatic N) is 1. The van der Waals surface area contributed by atoms with E-state index in [1.165, 1.54) is 15.3 Å². The van der Waals surface area contributed by atoms with Gasteiger partial charge in [-0.15, -0.1) is 11.3 Å². The van der Waals surface area contributed by atoms with Gasteiger partial charge in [-0.25, -0.2) is 4.79 Å². The van der Waals surface area contributed by atoms with E-state index in [0.29, 0.717) is 6.54 Å². The second-order valence-corrected chi connectivity index (χ2v) is 6.65. The highest BCUT2D eigenvalue weighted by Gasteiger charge is 2.13. The highest BCUT2D eigenvalue weighted by atomic mass is 32.1. The van der Waals surface area contributed by atoms with Crippen LogP contribution in [0, 0.1) is 20.8 Å². The van der Waals surface area contributed by atoms with Crippen LogP contribution in [0.4, 0.5) is 4.79 Å². The van der Waals surface area contributed by atoms with E-state index in [1.807, 2.05) is 32.0 Å². The number of hydrogen-bond acceptors (Lipinski definition) is 3. The smallest absolute Gasteiger partial charge is 0.315 e. The summed E-state index contributed by atoms with van der Waals surface area (Å²) in [7, 11) is 0. The standard InChI is InChI=1S/C16H21N3OS/c1-10-6-5-7-14(18-10)9-17-16(20)19-12(3)15-8-11(2)21-13(15)4/h5-8,12H,9H2,1-4H3,(H2,17,19,20). The molecule has 2 N–H and O–H groups in total. The van der Waals surface area contributed by atoms with E-state index in [0.717, 1.165) is 11.4 Å². The van der Waals surface area contributed by atoms with Crippen LogP contribution in [0.25, 0.3) is 0 Å². The van der Waals surface area contributed by atoms with Gasteiger partial charge in [0, 0.05) is 15.4 Å². The Kier molecular flexibility index (Phi) is 4.96. The molecule has 0 saturated carbocycles. The zero-order valence-corrected chi connectivity index (χ0v) is 13.7. The van der Waals surface area contributed by atoms with Gasteiger partial charge in [-0.05, 0) is 51.5 Å². The molecule has 0 radical (unpaired) electrons. The maximum atomic E-state index is 12.0. The Morgan fingerprint density at radius 1 is 1.33 bits per heavy atom. The summed E-state index contributed by atoms with van der Waals surface area (Å²) in [5, 5.41) is 5.81. The van der Waals surface area contributed by atoms with Crippen LogP contribution >= 0.6 is 11.3 Å². The fraction of sp³-hybridized carbons (Fsp3) is 0.375. The normalized spacial score (nSPS) is 12.0. The van der Waals surface area contributed by atoms with Gasteiger partial charge in [0.25, 0.3) is 0 Å². The molecule has 0 aromatic carbocycles. The van der Waals surface area contributed by atoms with Crippen molar-refractivity contribution < 1.29 is 4.79 Å². The highest BCUT2D eigenvalue weighted by Crippen LogP contribution is 2.25. The van der Waals surface area contributed by atoms with Gasteiger partial charge in [-0.2, -0.15) is 0 Å². The van der Waals surface area contributed by atoms with Crippen molar-refractivity contribution in [3.8, 4) is 0 Å². The molecule has 4 nitrogen and oxygen atoms in total. The zero-order valence-electron chi connectivity index (χ0n) is 12.9. The Bertz CT molecular complexity index is 636. The fourth-order valence-electron chi connectivity index (χ4n) is 2.27. The van der Waals surface area contributed by atoms with E-state index in [9.17, 15) is 4.79 Å². The molecule has 112 valence electrons. The van der Waals surface area contributed by atoms with E-state index in [2.05, 4.69) is 35.5 Å². The number of thiophene rings is 1. The van der Waals surface area contributed by atoms with Crippen LogP contribution in [0.2, 0.25) is 0 Å². The monoisotopic (exact) mass is 303 g/mol. The minimum atomic E-state index is -0.172. The SMILES string of the molecule is Cc1cccc(CNC(=O)NC(C)c2cc(C)sc2C)n1. The van der Waals surface area contributed by atoms with E-state index in [4.69, 9.17) is 0 Å². The van der Waals surface area contributed by atoms with E-state index in [-0.39, 0.29) is 12.1 Å². The lowest BCUT2D eigenvalue weighted by molar-refractivity contribution is 0.237. The molecule has 0 aliphatic carbocycles. The van der Waals surface area contributed by atoms with Gasteiger partial charge in [-0.1, -0.05) is 6.07 Å². The molecule has 0 spiro atoms. The average molecular weight is 303 g/mol. The molecule has 1 atom stereocenters. The van der Waals surface area contributed by atoms with Crippen molar-refractivity contribution in [1.29, 1.82) is 0 Å². The Labute approximate surface area is 129 Å². The summed E-state index contributed by atoms with van der Waals surface area (Å²) in [4.78, 5) is 18.8. The second-order valence-electron chi connectivity index (χ2n) is 5.19. The number of nitrogens with one attached hydrogen (secondary N) is 2. The van der Waals surface area contributed by atoms with Gasteiger partial charge in [0.05, 0.1) is 18.3 Å². The molecule has 0 aliphatic heterocycles. The van der Waals surface area contributed by atoms with Gasteiger partial charge >= 0.3 is 6.03 Å². The Hall–Kier alpha value is -1.88. The van der Waals surface area contributed by atoms with Gasteiger partial charge in [0.2, 0.25) is 0 Å². The molecule has 1 unspecified atom stereocenters. The van der Waals surface area contributed by atoms with Crippen LogP contribution in [0.3, 0.4) is 0 Å². The molecule has 0 fully saturated rings. The molecule has 2 amide bonds. The predicted molar refractivity (Wildman–Crippen MR) is 86.6 cm³/mol. The molecule has 21 heavy (non-hydrogen) atoms. The quantitative estimate of drug-likeness (QED) is 0.906. The first kappa shape index (κ1) is 15.5. The first-order valence-corrected chi connectivity index (χ1v) is 7.81. The lowest BCUT2D eigenvalue weighted by Gasteiger charge is -2.14. The number of carbonyl (C=O) groups is 1. The summed E-state index contributed by atoms with van der Waals surface area (Å²) in [5.41, 5.74) is 2.99. The summed E-state index contributed by atoms with van der Waals surface area (Å²) in [6.45, 7) is 8.53. The number of hydrogen-bond donors (Lipinski definition) is 2. The number of rotatable bonds is 4. The van der Waals surface area contributed by atoms with Crippen LogP contribution in [-0.4, -0.2) is 11.0 Å². The molecular weight excluding hydrogens is 282 g/mol. The summed E-state index contributed by atoms with van der Waals surface area (Å²) in [5.74, 6) is 0. The van der Waals surface area contributed by atoms with Crippen LogP contribution in [-0.2, 0) is 6.54 Å². The number of urea groups is 1. The van der Waals surface area contributed by atoms with Gasteiger partial charge in [0.1, 0.15) is 0 Å². The lowest BCUT2D eigenvalue weighted by atomic mass is 10.1. The maximum Gasteiger partial charge on any atom is 0.315 e. The van der Waals surface area contributed by atoms with Crippen LogP contribution < -0.4 is 10.6 Å². The van der Waals surface area contributed by atoms with Crippen LogP contribution in [0.5, 0.6) is 0 Å². The molecule has 2 aromatic heterocycles. The second kappa shape index (κ2) is 6.72. The summed E-state index contributed by atoms with van der Waals surface area (Å²) >= 11 is 1.75. The minimum Gasteiger partial charge on any atom is -0.332 e. The van der Waals surface area contributed by atoms with Crippen LogP contribution in [0.1, 0.15) is 39.7 Å². The number of carbonyl (C=O) groups excluding carboxylic acids is 1. The van der Waals surface area contributed by atoms with Crippen LogP contribution in [0.15, 0.2) is 24.3 Å². The van der Waals surface area contributed by atoms with Crippen molar-refractivity contribution in [1.82, 2.24) is 15.6 Å². The Morgan fingerprint density at radius 2 is 2.10 bits per heavy atom. The molecule has 2 heterocycles. The first-order valence-electron chi connectivity index (χ1n) is 6.99. The van der Waals surface area contributed by atoms with Gasteiger partial charge in [0.15, 0.2) is 0 Å². The molecular formula is C16H21N3OS. The predicted octanol–water partition coefficient (Wildman–Crippen LogP) is 3.63. The third kappa shape index (κ3) is 4.29. The molecule has 0 saturated heterocycles. The number of aromatic nitrogens is 1. The molecule has 5 heteroatoms. The molecule has 2 rings (SSSR count). The van der Waals surface area contributed by atoms with Gasteiger partial charge in [-0.3, -0.25) is 4.98 Å². The summed E-state index contributed by atoms with van der Waals surface area (Å²) in [6, 6.07) is 7.75. The average Bonchev–Trinajstić information content (AvgIpc) is 2.75. The van der Waals surface area contributed by atoms with E-state index in [1.54, 1.807) is 11.3 Å². The van der Waals surface area contributed by atoms with Crippen molar-refractivity contribution in [2.45, 2.75) is 40.3 Å². The topological polar surface area (TPSA) is 54.0 Å². The molecule has 0 aliphatic rings. The summed E-state index contributed by atoms with van der Waals surface area (Å²) < 4.78 is 0. The van der Waals surface area contributed by atoms with Crippen molar-refractivity contribution in [3.05, 3.63) is 51.0 Å². The molecule has 2 aromatic rings. The van der Waals surface area contributed by atoms with Crippen molar-refractivity contribution in [3.63, 3.8) is 0 Å². The zero-order chi connectivity index (χ0) is 15.4. The van der Waals surface area contributed by atoms with E-state index >= 15 is 0 Å². The first-order chi connectivity index (χ1) is 9.95. The minimum absolute atomic E-state index is 0.000388. The Balaban J connectivity index is 1.88.